The summed E-state index contributed by atoms with van der Waals surface area (Å²) in [6, 6.07) is 0. The van der Waals surface area contributed by atoms with Crippen molar-refractivity contribution in [2.45, 2.75) is 33.1 Å². The minimum Gasteiger partial charge on any atom is -0.381 e. The molecule has 1 aliphatic rings. The first-order valence-electron chi connectivity index (χ1n) is 6.15. The molecule has 0 amide bonds. The summed E-state index contributed by atoms with van der Waals surface area (Å²) in [5, 5.41) is 3.55. The lowest BCUT2D eigenvalue weighted by molar-refractivity contribution is 0.0241. The van der Waals surface area contributed by atoms with Gasteiger partial charge >= 0.3 is 0 Å². The molecule has 1 saturated heterocycles. The molecule has 1 heterocycles. The fraction of sp³-hybridized carbons (Fsp3) is 1.00. The van der Waals surface area contributed by atoms with Crippen LogP contribution in [0, 0.1) is 11.3 Å². The van der Waals surface area contributed by atoms with Crippen molar-refractivity contribution in [2.75, 3.05) is 32.8 Å². The molecule has 1 fully saturated rings. The Kier molecular flexibility index (Phi) is 5.58. The Morgan fingerprint density at radius 1 is 1.40 bits per heavy atom. The van der Waals surface area contributed by atoms with Crippen LogP contribution in [0.15, 0.2) is 0 Å². The van der Waals surface area contributed by atoms with Gasteiger partial charge in [0.1, 0.15) is 0 Å². The molecule has 0 spiro atoms. The monoisotopic (exact) mass is 214 g/mol. The van der Waals surface area contributed by atoms with Crippen molar-refractivity contribution in [2.24, 2.45) is 17.1 Å². The third-order valence-corrected chi connectivity index (χ3v) is 3.47. The summed E-state index contributed by atoms with van der Waals surface area (Å²) in [7, 11) is 0. The van der Waals surface area contributed by atoms with Crippen LogP contribution in [0.4, 0.5) is 0 Å². The zero-order valence-electron chi connectivity index (χ0n) is 10.2. The molecule has 3 N–H and O–H groups in total. The summed E-state index contributed by atoms with van der Waals surface area (Å²) >= 11 is 0. The van der Waals surface area contributed by atoms with Gasteiger partial charge in [-0.3, -0.25) is 0 Å². The Labute approximate surface area is 93.8 Å². The van der Waals surface area contributed by atoms with Crippen LogP contribution in [0.3, 0.4) is 0 Å². The van der Waals surface area contributed by atoms with Crippen molar-refractivity contribution in [1.82, 2.24) is 5.32 Å². The maximum absolute atomic E-state index is 5.58. The maximum Gasteiger partial charge on any atom is 0.0471 e. The summed E-state index contributed by atoms with van der Waals surface area (Å²) < 4.78 is 5.38. The first-order chi connectivity index (χ1) is 7.16. The van der Waals surface area contributed by atoms with Crippen LogP contribution in [0.2, 0.25) is 0 Å². The number of hydrogen-bond acceptors (Lipinski definition) is 3. The standard InChI is InChI=1S/C12H26N2O/c1-11(9-13)3-6-14-10-12(2)4-7-15-8-5-12/h11,14H,3-10,13H2,1-2H3. The van der Waals surface area contributed by atoms with Crippen LogP contribution in [-0.4, -0.2) is 32.8 Å². The molecule has 1 unspecified atom stereocenters. The van der Waals surface area contributed by atoms with E-state index in [1.807, 2.05) is 0 Å². The number of ether oxygens (including phenoxy) is 1. The molecule has 3 nitrogen and oxygen atoms in total. The van der Waals surface area contributed by atoms with Gasteiger partial charge in [0.15, 0.2) is 0 Å². The summed E-state index contributed by atoms with van der Waals surface area (Å²) in [5.41, 5.74) is 6.03. The molecule has 1 rings (SSSR count). The van der Waals surface area contributed by atoms with Crippen molar-refractivity contribution in [3.63, 3.8) is 0 Å². The Morgan fingerprint density at radius 2 is 2.07 bits per heavy atom. The van der Waals surface area contributed by atoms with E-state index in [1.54, 1.807) is 0 Å². The quantitative estimate of drug-likeness (QED) is 0.657. The fourth-order valence-electron chi connectivity index (χ4n) is 1.90. The highest BCUT2D eigenvalue weighted by Crippen LogP contribution is 2.28. The first-order valence-corrected chi connectivity index (χ1v) is 6.15. The molecular formula is C12H26N2O. The average molecular weight is 214 g/mol. The van der Waals surface area contributed by atoms with Crippen LogP contribution < -0.4 is 11.1 Å². The molecule has 15 heavy (non-hydrogen) atoms. The minimum atomic E-state index is 0.449. The van der Waals surface area contributed by atoms with E-state index in [-0.39, 0.29) is 0 Å². The predicted octanol–water partition coefficient (Wildman–Crippen LogP) is 1.38. The van der Waals surface area contributed by atoms with Crippen molar-refractivity contribution in [3.8, 4) is 0 Å². The molecule has 0 saturated carbocycles. The van der Waals surface area contributed by atoms with E-state index >= 15 is 0 Å². The Morgan fingerprint density at radius 3 is 2.67 bits per heavy atom. The number of hydrogen-bond donors (Lipinski definition) is 2. The molecule has 0 aromatic heterocycles. The second-order valence-electron chi connectivity index (χ2n) is 5.23. The lowest BCUT2D eigenvalue weighted by Crippen LogP contribution is -2.37. The summed E-state index contributed by atoms with van der Waals surface area (Å²) in [6.07, 6.45) is 3.56. The van der Waals surface area contributed by atoms with Gasteiger partial charge in [-0.1, -0.05) is 13.8 Å². The maximum atomic E-state index is 5.58. The number of nitrogens with one attached hydrogen (secondary N) is 1. The van der Waals surface area contributed by atoms with Crippen LogP contribution in [0.25, 0.3) is 0 Å². The fourth-order valence-corrected chi connectivity index (χ4v) is 1.90. The van der Waals surface area contributed by atoms with Gasteiger partial charge in [-0.15, -0.1) is 0 Å². The molecule has 0 aromatic rings. The zero-order valence-corrected chi connectivity index (χ0v) is 10.2. The normalized spacial score (nSPS) is 22.6. The van der Waals surface area contributed by atoms with Crippen molar-refractivity contribution in [3.05, 3.63) is 0 Å². The van der Waals surface area contributed by atoms with Gasteiger partial charge in [0.2, 0.25) is 0 Å². The van der Waals surface area contributed by atoms with Crippen LogP contribution >= 0.6 is 0 Å². The van der Waals surface area contributed by atoms with E-state index in [0.717, 1.165) is 32.8 Å². The molecular weight excluding hydrogens is 188 g/mol. The van der Waals surface area contributed by atoms with E-state index < -0.39 is 0 Å². The second kappa shape index (κ2) is 6.46. The summed E-state index contributed by atoms with van der Waals surface area (Å²) in [6.45, 7) is 9.43. The summed E-state index contributed by atoms with van der Waals surface area (Å²) in [5.74, 6) is 0.639. The molecule has 0 aromatic carbocycles. The molecule has 90 valence electrons. The van der Waals surface area contributed by atoms with Gasteiger partial charge in [-0.05, 0) is 43.7 Å². The highest BCUT2D eigenvalue weighted by atomic mass is 16.5. The largest absolute Gasteiger partial charge is 0.381 e. The van der Waals surface area contributed by atoms with Gasteiger partial charge in [-0.25, -0.2) is 0 Å². The molecule has 1 atom stereocenters. The smallest absolute Gasteiger partial charge is 0.0471 e. The van der Waals surface area contributed by atoms with Crippen LogP contribution in [-0.2, 0) is 4.74 Å². The van der Waals surface area contributed by atoms with Crippen molar-refractivity contribution < 1.29 is 4.74 Å². The van der Waals surface area contributed by atoms with E-state index in [4.69, 9.17) is 10.5 Å². The van der Waals surface area contributed by atoms with Gasteiger partial charge in [0, 0.05) is 19.8 Å². The van der Waals surface area contributed by atoms with Crippen LogP contribution in [0.5, 0.6) is 0 Å². The molecule has 0 bridgehead atoms. The lowest BCUT2D eigenvalue weighted by atomic mass is 9.82. The topological polar surface area (TPSA) is 47.3 Å². The average Bonchev–Trinajstić information content (AvgIpc) is 2.25. The second-order valence-corrected chi connectivity index (χ2v) is 5.23. The Bertz CT molecular complexity index is 167. The van der Waals surface area contributed by atoms with Crippen molar-refractivity contribution >= 4 is 0 Å². The molecule has 1 aliphatic heterocycles. The minimum absolute atomic E-state index is 0.449. The van der Waals surface area contributed by atoms with Crippen molar-refractivity contribution in [1.29, 1.82) is 0 Å². The molecule has 3 heteroatoms. The first kappa shape index (κ1) is 12.9. The molecule has 0 aliphatic carbocycles. The Balaban J connectivity index is 2.08. The van der Waals surface area contributed by atoms with E-state index in [1.165, 1.54) is 19.3 Å². The zero-order chi connectivity index (χ0) is 11.1. The van der Waals surface area contributed by atoms with E-state index in [9.17, 15) is 0 Å². The van der Waals surface area contributed by atoms with E-state index in [2.05, 4.69) is 19.2 Å². The van der Waals surface area contributed by atoms with Gasteiger partial charge < -0.3 is 15.8 Å². The van der Waals surface area contributed by atoms with Gasteiger partial charge in [0.25, 0.3) is 0 Å². The Hall–Kier alpha value is -0.120. The van der Waals surface area contributed by atoms with E-state index in [0.29, 0.717) is 11.3 Å². The third-order valence-electron chi connectivity index (χ3n) is 3.47. The lowest BCUT2D eigenvalue weighted by Gasteiger charge is -2.33. The predicted molar refractivity (Wildman–Crippen MR) is 63.9 cm³/mol. The molecule has 0 radical (unpaired) electrons. The highest BCUT2D eigenvalue weighted by Gasteiger charge is 2.26. The number of rotatable bonds is 6. The van der Waals surface area contributed by atoms with Crippen LogP contribution in [0.1, 0.15) is 33.1 Å². The van der Waals surface area contributed by atoms with Gasteiger partial charge in [-0.2, -0.15) is 0 Å². The third kappa shape index (κ3) is 4.96. The SMILES string of the molecule is CC(CN)CCNCC1(C)CCOCC1. The number of nitrogens with two attached hydrogens (primary N) is 1. The van der Waals surface area contributed by atoms with Gasteiger partial charge in [0.05, 0.1) is 0 Å². The summed E-state index contributed by atoms with van der Waals surface area (Å²) in [4.78, 5) is 0. The highest BCUT2D eigenvalue weighted by molar-refractivity contribution is 4.79.